The maximum absolute atomic E-state index is 5.24. The second-order valence-corrected chi connectivity index (χ2v) is 16.3. The molecule has 0 saturated carbocycles. The molecule has 0 saturated heterocycles. The SMILES string of the molecule is c1ccc(-c2ccc(-c3cc(-c4ccc(-c5ccccc5)cc4)nc(-c4ccc(-c5ccc(-c6nc7ccccc7c7c6ccn6cc(-c8ccccc8)nc76)cc5)cc4)n3)cc2)cc1. The minimum atomic E-state index is 0.676. The Morgan fingerprint density at radius 1 is 0.292 bits per heavy atom. The predicted octanol–water partition coefficient (Wildman–Crippen LogP) is 15.2. The number of imidazole rings is 1. The summed E-state index contributed by atoms with van der Waals surface area (Å²) in [4.78, 5) is 20.8. The number of para-hydroxylation sites is 1. The van der Waals surface area contributed by atoms with Gasteiger partial charge in [0.25, 0.3) is 0 Å². The number of fused-ring (bicyclic) bond motifs is 5. The van der Waals surface area contributed by atoms with Crippen LogP contribution < -0.4 is 0 Å². The molecule has 0 aliphatic carbocycles. The van der Waals surface area contributed by atoms with E-state index in [1.165, 1.54) is 22.3 Å². The van der Waals surface area contributed by atoms with Gasteiger partial charge in [-0.1, -0.05) is 206 Å². The summed E-state index contributed by atoms with van der Waals surface area (Å²) in [6.45, 7) is 0. The number of hydrogen-bond donors (Lipinski definition) is 0. The van der Waals surface area contributed by atoms with Crippen molar-refractivity contribution in [2.45, 2.75) is 0 Å². The molecular weight excluding hydrogens is 791 g/mol. The zero-order chi connectivity index (χ0) is 43.1. The van der Waals surface area contributed by atoms with Crippen LogP contribution in [0.1, 0.15) is 0 Å². The van der Waals surface area contributed by atoms with Gasteiger partial charge in [-0.25, -0.2) is 19.9 Å². The van der Waals surface area contributed by atoms with Crippen molar-refractivity contribution in [1.82, 2.24) is 24.3 Å². The van der Waals surface area contributed by atoms with Crippen molar-refractivity contribution in [2.75, 3.05) is 0 Å². The van der Waals surface area contributed by atoms with Crippen molar-refractivity contribution in [1.29, 1.82) is 0 Å². The van der Waals surface area contributed by atoms with Gasteiger partial charge in [0.05, 0.1) is 28.3 Å². The number of rotatable bonds is 8. The van der Waals surface area contributed by atoms with Gasteiger partial charge in [0.2, 0.25) is 0 Å². The molecule has 0 aliphatic heterocycles. The Bertz CT molecular complexity index is 3540. The van der Waals surface area contributed by atoms with E-state index >= 15 is 0 Å². The molecule has 12 rings (SSSR count). The van der Waals surface area contributed by atoms with E-state index in [2.05, 4.69) is 217 Å². The molecule has 0 fully saturated rings. The fourth-order valence-electron chi connectivity index (χ4n) is 8.88. The Morgan fingerprint density at radius 2 is 0.708 bits per heavy atom. The number of nitrogens with zero attached hydrogens (tertiary/aromatic N) is 5. The topological polar surface area (TPSA) is 56.0 Å². The molecule has 8 aromatic carbocycles. The number of pyridine rings is 2. The summed E-state index contributed by atoms with van der Waals surface area (Å²) in [6.07, 6.45) is 4.20. The van der Waals surface area contributed by atoms with Crippen molar-refractivity contribution >= 4 is 27.3 Å². The van der Waals surface area contributed by atoms with E-state index < -0.39 is 0 Å². The first-order valence-corrected chi connectivity index (χ1v) is 21.9. The maximum atomic E-state index is 5.24. The molecule has 0 atom stereocenters. The van der Waals surface area contributed by atoms with Crippen LogP contribution in [-0.4, -0.2) is 24.3 Å². The molecule has 0 aliphatic rings. The molecule has 0 radical (unpaired) electrons. The molecule has 4 heterocycles. The Balaban J connectivity index is 0.883. The van der Waals surface area contributed by atoms with E-state index in [1.807, 2.05) is 24.3 Å². The van der Waals surface area contributed by atoms with Gasteiger partial charge in [-0.15, -0.1) is 0 Å². The average Bonchev–Trinajstić information content (AvgIpc) is 3.84. The lowest BCUT2D eigenvalue weighted by atomic mass is 9.98. The van der Waals surface area contributed by atoms with Gasteiger partial charge in [0.15, 0.2) is 5.82 Å². The Kier molecular flexibility index (Phi) is 9.42. The van der Waals surface area contributed by atoms with Crippen molar-refractivity contribution in [3.63, 3.8) is 0 Å². The molecule has 0 spiro atoms. The van der Waals surface area contributed by atoms with Crippen LogP contribution in [0.2, 0.25) is 0 Å². The molecule has 0 amide bonds. The summed E-state index contributed by atoms with van der Waals surface area (Å²) in [7, 11) is 0. The largest absolute Gasteiger partial charge is 0.306 e. The number of benzene rings is 8. The smallest absolute Gasteiger partial charge is 0.160 e. The normalized spacial score (nSPS) is 11.4. The van der Waals surface area contributed by atoms with E-state index in [4.69, 9.17) is 19.9 Å². The average molecular weight is 830 g/mol. The summed E-state index contributed by atoms with van der Waals surface area (Å²) in [5, 5.41) is 3.25. The van der Waals surface area contributed by atoms with Crippen LogP contribution >= 0.6 is 0 Å². The summed E-state index contributed by atoms with van der Waals surface area (Å²) < 4.78 is 2.13. The first-order valence-electron chi connectivity index (χ1n) is 21.9. The van der Waals surface area contributed by atoms with Gasteiger partial charge in [0, 0.05) is 56.4 Å². The van der Waals surface area contributed by atoms with E-state index in [-0.39, 0.29) is 0 Å². The summed E-state index contributed by atoms with van der Waals surface area (Å²) in [6, 6.07) is 78.4. The summed E-state index contributed by atoms with van der Waals surface area (Å²) >= 11 is 0. The molecule has 304 valence electrons. The maximum Gasteiger partial charge on any atom is 0.160 e. The van der Waals surface area contributed by atoms with Gasteiger partial charge >= 0.3 is 0 Å². The van der Waals surface area contributed by atoms with Crippen LogP contribution in [0.25, 0.3) is 117 Å². The standard InChI is InChI=1S/C60H39N5/c1-4-12-40(13-5-1)42-20-28-47(29-21-42)54-38-55(48-30-22-43(23-31-48)41-14-6-2-7-15-41)63-59(62-54)50-34-26-45(27-35-50)44-24-32-49(33-25-44)58-52-36-37-65-39-56(46-16-8-3-9-17-46)64-60(65)57(52)51-18-10-11-19-53(51)61-58/h1-39H. The van der Waals surface area contributed by atoms with Crippen molar-refractivity contribution in [3.8, 4) is 89.8 Å². The molecule has 5 heteroatoms. The second-order valence-electron chi connectivity index (χ2n) is 16.3. The van der Waals surface area contributed by atoms with Crippen molar-refractivity contribution < 1.29 is 0 Å². The van der Waals surface area contributed by atoms with Gasteiger partial charge in [-0.2, -0.15) is 0 Å². The fraction of sp³-hybridized carbons (Fsp3) is 0. The lowest BCUT2D eigenvalue weighted by Gasteiger charge is -2.12. The number of hydrogen-bond acceptors (Lipinski definition) is 4. The van der Waals surface area contributed by atoms with Gasteiger partial charge in [-0.05, 0) is 51.6 Å². The Labute approximate surface area is 376 Å². The summed E-state index contributed by atoms with van der Waals surface area (Å²) in [5.41, 5.74) is 17.6. The van der Waals surface area contributed by atoms with Crippen LogP contribution in [0.4, 0.5) is 0 Å². The van der Waals surface area contributed by atoms with Crippen LogP contribution in [0.15, 0.2) is 237 Å². The fourth-order valence-corrected chi connectivity index (χ4v) is 8.88. The van der Waals surface area contributed by atoms with Crippen LogP contribution in [0, 0.1) is 0 Å². The lowest BCUT2D eigenvalue weighted by Crippen LogP contribution is -1.96. The second kappa shape index (κ2) is 16.2. The highest BCUT2D eigenvalue weighted by atomic mass is 15.0. The van der Waals surface area contributed by atoms with Crippen molar-refractivity contribution in [2.24, 2.45) is 0 Å². The molecule has 65 heavy (non-hydrogen) atoms. The highest BCUT2D eigenvalue weighted by Gasteiger charge is 2.17. The molecule has 0 N–H and O–H groups in total. The van der Waals surface area contributed by atoms with E-state index in [0.29, 0.717) is 5.82 Å². The van der Waals surface area contributed by atoms with E-state index in [9.17, 15) is 0 Å². The van der Waals surface area contributed by atoms with Gasteiger partial charge in [0.1, 0.15) is 5.65 Å². The van der Waals surface area contributed by atoms with Crippen molar-refractivity contribution in [3.05, 3.63) is 237 Å². The lowest BCUT2D eigenvalue weighted by molar-refractivity contribution is 1.18. The highest BCUT2D eigenvalue weighted by molar-refractivity contribution is 6.16. The van der Waals surface area contributed by atoms with Gasteiger partial charge in [-0.3, -0.25) is 0 Å². The third kappa shape index (κ3) is 7.21. The quantitative estimate of drug-likeness (QED) is 0.143. The van der Waals surface area contributed by atoms with E-state index in [1.54, 1.807) is 0 Å². The van der Waals surface area contributed by atoms with Crippen LogP contribution in [-0.2, 0) is 0 Å². The zero-order valence-corrected chi connectivity index (χ0v) is 35.3. The number of aromatic nitrogens is 5. The van der Waals surface area contributed by atoms with Gasteiger partial charge < -0.3 is 4.40 Å². The third-order valence-electron chi connectivity index (χ3n) is 12.3. The van der Waals surface area contributed by atoms with E-state index in [0.717, 1.165) is 89.0 Å². The first kappa shape index (κ1) is 37.9. The molecule has 0 unspecified atom stereocenters. The first-order chi connectivity index (χ1) is 32.2. The molecular formula is C60H39N5. The third-order valence-corrected chi connectivity index (χ3v) is 12.3. The molecule has 5 nitrogen and oxygen atoms in total. The van der Waals surface area contributed by atoms with Crippen LogP contribution in [0.3, 0.4) is 0 Å². The Hall–Kier alpha value is -8.80. The zero-order valence-electron chi connectivity index (χ0n) is 35.3. The monoisotopic (exact) mass is 829 g/mol. The minimum Gasteiger partial charge on any atom is -0.306 e. The molecule has 4 aromatic heterocycles. The minimum absolute atomic E-state index is 0.676. The molecule has 0 bridgehead atoms. The predicted molar refractivity (Wildman–Crippen MR) is 267 cm³/mol. The summed E-state index contributed by atoms with van der Waals surface area (Å²) in [5.74, 6) is 0.676. The van der Waals surface area contributed by atoms with Crippen LogP contribution in [0.5, 0.6) is 0 Å². The Morgan fingerprint density at radius 3 is 1.25 bits per heavy atom. The highest BCUT2D eigenvalue weighted by Crippen LogP contribution is 2.37. The molecule has 12 aromatic rings.